The fourth-order valence-corrected chi connectivity index (χ4v) is 2.42. The van der Waals surface area contributed by atoms with Gasteiger partial charge in [0, 0.05) is 11.1 Å². The molecule has 21 heavy (non-hydrogen) atoms. The number of carbonyl (C=O) groups excluding carboxylic acids is 1. The van der Waals surface area contributed by atoms with Crippen LogP contribution in [0.1, 0.15) is 55.8 Å². The van der Waals surface area contributed by atoms with Crippen molar-refractivity contribution in [2.75, 3.05) is 6.61 Å². The fourth-order valence-electron chi connectivity index (χ4n) is 2.42. The number of Topliss-reactive ketones (excluding diaryl/α,β-unsaturated/α-hetero) is 1. The molecule has 1 aromatic rings. The summed E-state index contributed by atoms with van der Waals surface area (Å²) < 4.78 is 0. The second-order valence-electron chi connectivity index (χ2n) is 5.24. The van der Waals surface area contributed by atoms with Crippen molar-refractivity contribution in [3.05, 3.63) is 59.7 Å². The Morgan fingerprint density at radius 3 is 2.48 bits per heavy atom. The van der Waals surface area contributed by atoms with Gasteiger partial charge >= 0.3 is 0 Å². The van der Waals surface area contributed by atoms with Crippen LogP contribution < -0.4 is 0 Å². The van der Waals surface area contributed by atoms with E-state index >= 15 is 0 Å². The number of benzene rings is 1. The fraction of sp³-hybridized carbons (Fsp3) is 0.421. The molecular formula is C19H26O2. The van der Waals surface area contributed by atoms with Crippen molar-refractivity contribution >= 4 is 5.78 Å². The van der Waals surface area contributed by atoms with Crippen LogP contribution in [0.4, 0.5) is 0 Å². The van der Waals surface area contributed by atoms with Gasteiger partial charge in [-0.3, -0.25) is 4.79 Å². The van der Waals surface area contributed by atoms with Crippen LogP contribution in [0.5, 0.6) is 0 Å². The van der Waals surface area contributed by atoms with Gasteiger partial charge in [-0.2, -0.15) is 0 Å². The zero-order chi connectivity index (χ0) is 15.5. The number of allylic oxidation sites excluding steroid dienone is 2. The summed E-state index contributed by atoms with van der Waals surface area (Å²) >= 11 is 0. The molecule has 0 spiro atoms. The zero-order valence-electron chi connectivity index (χ0n) is 13.0. The second-order valence-corrected chi connectivity index (χ2v) is 5.24. The summed E-state index contributed by atoms with van der Waals surface area (Å²) in [5.41, 5.74) is 2.20. The van der Waals surface area contributed by atoms with Crippen molar-refractivity contribution in [1.82, 2.24) is 0 Å². The van der Waals surface area contributed by atoms with Crippen LogP contribution in [0.2, 0.25) is 0 Å². The first-order valence-corrected chi connectivity index (χ1v) is 7.77. The number of carbonyl (C=O) groups is 1. The highest BCUT2D eigenvalue weighted by atomic mass is 16.3. The third kappa shape index (κ3) is 5.68. The topological polar surface area (TPSA) is 37.3 Å². The molecule has 1 rings (SSSR count). The van der Waals surface area contributed by atoms with Gasteiger partial charge in [0.15, 0.2) is 5.78 Å². The first kappa shape index (κ1) is 17.4. The number of rotatable bonds is 10. The Labute approximate surface area is 128 Å². The van der Waals surface area contributed by atoms with Crippen molar-refractivity contribution in [2.24, 2.45) is 0 Å². The predicted octanol–water partition coefficient (Wildman–Crippen LogP) is 4.70. The van der Waals surface area contributed by atoms with Gasteiger partial charge in [-0.05, 0) is 19.3 Å². The summed E-state index contributed by atoms with van der Waals surface area (Å²) in [5, 5.41) is 9.64. The molecule has 0 amide bonds. The van der Waals surface area contributed by atoms with E-state index in [2.05, 4.69) is 13.5 Å². The molecule has 2 heteroatoms. The van der Waals surface area contributed by atoms with E-state index in [1.807, 2.05) is 24.3 Å². The highest BCUT2D eigenvalue weighted by Gasteiger charge is 2.15. The smallest absolute Gasteiger partial charge is 0.191 e. The molecule has 0 aliphatic rings. The molecule has 0 aliphatic heterocycles. The molecule has 0 aromatic heterocycles. The lowest BCUT2D eigenvalue weighted by Crippen LogP contribution is -2.10. The van der Waals surface area contributed by atoms with Gasteiger partial charge < -0.3 is 5.11 Å². The Kier molecular flexibility index (Phi) is 8.37. The average Bonchev–Trinajstić information content (AvgIpc) is 2.53. The monoisotopic (exact) mass is 286 g/mol. The molecule has 0 fully saturated rings. The number of hydrogen-bond acceptors (Lipinski definition) is 2. The minimum atomic E-state index is -0.204. The van der Waals surface area contributed by atoms with E-state index in [0.717, 1.165) is 24.8 Å². The number of hydrogen-bond donors (Lipinski definition) is 1. The minimum absolute atomic E-state index is 0.0644. The van der Waals surface area contributed by atoms with Crippen LogP contribution in [0.25, 0.3) is 0 Å². The number of aliphatic hydroxyl groups is 1. The minimum Gasteiger partial charge on any atom is -0.392 e. The molecular weight excluding hydrogens is 260 g/mol. The Morgan fingerprint density at radius 1 is 1.19 bits per heavy atom. The Morgan fingerprint density at radius 2 is 1.90 bits per heavy atom. The quantitative estimate of drug-likeness (QED) is 0.293. The van der Waals surface area contributed by atoms with Crippen molar-refractivity contribution in [3.8, 4) is 0 Å². The van der Waals surface area contributed by atoms with Gasteiger partial charge in [-0.15, -0.1) is 6.58 Å². The van der Waals surface area contributed by atoms with Gasteiger partial charge in [0.1, 0.15) is 0 Å². The van der Waals surface area contributed by atoms with Crippen LogP contribution in [-0.4, -0.2) is 17.5 Å². The highest BCUT2D eigenvalue weighted by molar-refractivity contribution is 6.09. The van der Waals surface area contributed by atoms with Crippen LogP contribution in [0.15, 0.2) is 54.1 Å². The average molecular weight is 286 g/mol. The zero-order valence-corrected chi connectivity index (χ0v) is 13.0. The van der Waals surface area contributed by atoms with Crippen molar-refractivity contribution in [3.63, 3.8) is 0 Å². The molecule has 0 bridgehead atoms. The molecule has 0 saturated heterocycles. The summed E-state index contributed by atoms with van der Waals surface area (Å²) in [7, 11) is 0. The van der Waals surface area contributed by atoms with E-state index in [4.69, 9.17) is 0 Å². The van der Waals surface area contributed by atoms with Crippen LogP contribution in [-0.2, 0) is 0 Å². The maximum absolute atomic E-state index is 12.5. The molecule has 0 aliphatic carbocycles. The van der Waals surface area contributed by atoms with Crippen molar-refractivity contribution in [2.45, 2.75) is 45.4 Å². The lowest BCUT2D eigenvalue weighted by Gasteiger charge is -2.12. The Hall–Kier alpha value is -1.67. The van der Waals surface area contributed by atoms with Gasteiger partial charge in [0.05, 0.1) is 6.61 Å². The van der Waals surface area contributed by atoms with Gasteiger partial charge in [-0.1, -0.05) is 68.2 Å². The molecule has 0 unspecified atom stereocenters. The first-order valence-electron chi connectivity index (χ1n) is 7.77. The van der Waals surface area contributed by atoms with Crippen LogP contribution in [0.3, 0.4) is 0 Å². The van der Waals surface area contributed by atoms with Gasteiger partial charge in [0.2, 0.25) is 0 Å². The molecule has 1 N–H and O–H groups in total. The van der Waals surface area contributed by atoms with E-state index in [-0.39, 0.29) is 12.4 Å². The van der Waals surface area contributed by atoms with E-state index in [0.29, 0.717) is 17.6 Å². The third-order valence-corrected chi connectivity index (χ3v) is 3.62. The summed E-state index contributed by atoms with van der Waals surface area (Å²) in [5.74, 6) is -0.0644. The molecule has 0 atom stereocenters. The Balaban J connectivity index is 2.91. The maximum Gasteiger partial charge on any atom is 0.191 e. The second kappa shape index (κ2) is 10.1. The summed E-state index contributed by atoms with van der Waals surface area (Å²) in [6.07, 6.45) is 7.96. The van der Waals surface area contributed by atoms with Gasteiger partial charge in [-0.25, -0.2) is 0 Å². The molecule has 2 nitrogen and oxygen atoms in total. The van der Waals surface area contributed by atoms with Gasteiger partial charge in [0.25, 0.3) is 0 Å². The maximum atomic E-state index is 12.5. The number of aliphatic hydroxyl groups excluding tert-OH is 1. The number of unbranched alkanes of at least 4 members (excludes halogenated alkanes) is 3. The first-order chi connectivity index (χ1) is 10.2. The predicted molar refractivity (Wildman–Crippen MR) is 88.5 cm³/mol. The van der Waals surface area contributed by atoms with Crippen molar-refractivity contribution in [1.29, 1.82) is 0 Å². The summed E-state index contributed by atoms with van der Waals surface area (Å²) in [6, 6.07) is 9.16. The summed E-state index contributed by atoms with van der Waals surface area (Å²) in [6.45, 7) is 5.74. The van der Waals surface area contributed by atoms with E-state index in [1.54, 1.807) is 12.1 Å². The summed E-state index contributed by atoms with van der Waals surface area (Å²) in [4.78, 5) is 12.5. The van der Waals surface area contributed by atoms with Crippen LogP contribution in [0, 0.1) is 0 Å². The Bertz CT molecular complexity index is 472. The molecule has 0 saturated carbocycles. The van der Waals surface area contributed by atoms with Crippen molar-refractivity contribution < 1.29 is 9.90 Å². The molecule has 1 aromatic carbocycles. The normalized spacial score (nSPS) is 11.9. The lowest BCUT2D eigenvalue weighted by molar-refractivity contribution is 0.101. The third-order valence-electron chi connectivity index (χ3n) is 3.62. The largest absolute Gasteiger partial charge is 0.392 e. The SMILES string of the molecule is C=CC/C(CCCCCC)=C(/CO)C(=O)c1ccccc1. The molecule has 0 radical (unpaired) electrons. The lowest BCUT2D eigenvalue weighted by atomic mass is 9.93. The molecule has 0 heterocycles. The van der Waals surface area contributed by atoms with E-state index < -0.39 is 0 Å². The van der Waals surface area contributed by atoms with E-state index in [9.17, 15) is 9.90 Å². The highest BCUT2D eigenvalue weighted by Crippen LogP contribution is 2.21. The standard InChI is InChI=1S/C19H26O2/c1-3-5-6-8-12-16(11-4-2)18(15-20)19(21)17-13-9-7-10-14-17/h4,7,9-10,13-14,20H,2-3,5-6,8,11-12,15H2,1H3/b18-16+. The van der Waals surface area contributed by atoms with E-state index in [1.165, 1.54) is 12.8 Å². The molecule has 114 valence electrons. The number of ketones is 1. The van der Waals surface area contributed by atoms with Crippen LogP contribution >= 0.6 is 0 Å².